The highest BCUT2D eigenvalue weighted by Gasteiger charge is 1.91. The van der Waals surface area contributed by atoms with Gasteiger partial charge in [0, 0.05) is 10.7 Å². The van der Waals surface area contributed by atoms with Crippen molar-refractivity contribution in [2.45, 2.75) is 0 Å². The zero-order valence-corrected chi connectivity index (χ0v) is 5.85. The molecule has 0 spiro atoms. The molecule has 1 heterocycles. The van der Waals surface area contributed by atoms with Crippen molar-refractivity contribution in [3.05, 3.63) is 22.7 Å². The molecular weight excluding hydrogens is 189 g/mol. The standard InChI is InChI=1S/C5H3BrFNO/c6-3-1-4(9)5(7)8-2-3/h1-2,9H/p-1. The molecule has 0 unspecified atom stereocenters. The Morgan fingerprint density at radius 3 is 2.78 bits per heavy atom. The van der Waals surface area contributed by atoms with E-state index in [0.29, 0.717) is 4.47 Å². The molecule has 0 aliphatic heterocycles. The van der Waals surface area contributed by atoms with Gasteiger partial charge in [-0.2, -0.15) is 4.39 Å². The average molecular weight is 191 g/mol. The molecule has 1 rings (SSSR count). The lowest BCUT2D eigenvalue weighted by molar-refractivity contribution is -0.273. The van der Waals surface area contributed by atoms with Gasteiger partial charge in [0.1, 0.15) is 0 Å². The maximum atomic E-state index is 12.1. The molecule has 0 amide bonds. The van der Waals surface area contributed by atoms with Crippen molar-refractivity contribution in [3.8, 4) is 5.75 Å². The van der Waals surface area contributed by atoms with Crippen LogP contribution in [-0.2, 0) is 0 Å². The predicted molar refractivity (Wildman–Crippen MR) is 31.3 cm³/mol. The number of hydrogen-bond acceptors (Lipinski definition) is 2. The molecule has 1 aromatic rings. The van der Waals surface area contributed by atoms with Gasteiger partial charge in [-0.15, -0.1) is 0 Å². The first-order valence-corrected chi connectivity index (χ1v) is 2.97. The number of nitrogens with zero attached hydrogens (tertiary/aromatic N) is 1. The molecule has 2 nitrogen and oxygen atoms in total. The van der Waals surface area contributed by atoms with Crippen LogP contribution in [0.15, 0.2) is 16.7 Å². The minimum atomic E-state index is -0.960. The van der Waals surface area contributed by atoms with Crippen LogP contribution < -0.4 is 5.11 Å². The largest absolute Gasteiger partial charge is 0.869 e. The minimum Gasteiger partial charge on any atom is -0.869 e. The average Bonchev–Trinajstić information content (AvgIpc) is 1.80. The van der Waals surface area contributed by atoms with Crippen LogP contribution in [0.1, 0.15) is 0 Å². The third kappa shape index (κ3) is 1.38. The van der Waals surface area contributed by atoms with Gasteiger partial charge in [-0.25, -0.2) is 4.98 Å². The Bertz CT molecular complexity index is 228. The zero-order valence-electron chi connectivity index (χ0n) is 4.27. The summed E-state index contributed by atoms with van der Waals surface area (Å²) in [5, 5.41) is 10.4. The lowest BCUT2D eigenvalue weighted by atomic mass is 10.5. The number of hydrogen-bond donors (Lipinski definition) is 0. The van der Waals surface area contributed by atoms with E-state index in [0.717, 1.165) is 6.07 Å². The molecule has 0 aromatic carbocycles. The van der Waals surface area contributed by atoms with Crippen molar-refractivity contribution in [1.82, 2.24) is 4.98 Å². The Kier molecular flexibility index (Phi) is 1.66. The molecule has 0 atom stereocenters. The van der Waals surface area contributed by atoms with E-state index in [2.05, 4.69) is 20.9 Å². The Morgan fingerprint density at radius 2 is 2.33 bits per heavy atom. The molecule has 0 saturated heterocycles. The normalized spacial score (nSPS) is 9.56. The molecule has 4 heteroatoms. The Balaban J connectivity index is 3.17. The van der Waals surface area contributed by atoms with Crippen molar-refractivity contribution >= 4 is 15.9 Å². The van der Waals surface area contributed by atoms with E-state index in [1.165, 1.54) is 6.20 Å². The highest BCUT2D eigenvalue weighted by Crippen LogP contribution is 2.14. The second-order valence-corrected chi connectivity index (χ2v) is 2.36. The Morgan fingerprint density at radius 1 is 1.67 bits per heavy atom. The molecule has 0 radical (unpaired) electrons. The number of aromatic nitrogens is 1. The monoisotopic (exact) mass is 190 g/mol. The topological polar surface area (TPSA) is 36.0 Å². The van der Waals surface area contributed by atoms with E-state index in [9.17, 15) is 9.50 Å². The van der Waals surface area contributed by atoms with Crippen molar-refractivity contribution < 1.29 is 9.50 Å². The van der Waals surface area contributed by atoms with E-state index in [1.54, 1.807) is 0 Å². The van der Waals surface area contributed by atoms with Crippen LogP contribution in [-0.4, -0.2) is 4.98 Å². The molecule has 0 aliphatic rings. The summed E-state index contributed by atoms with van der Waals surface area (Å²) in [6, 6.07) is 1.13. The van der Waals surface area contributed by atoms with Gasteiger partial charge in [-0.3, -0.25) is 0 Å². The molecule has 0 saturated carbocycles. The van der Waals surface area contributed by atoms with Gasteiger partial charge in [0.05, 0.1) is 0 Å². The molecular formula is C5H2BrFNO-. The first-order valence-electron chi connectivity index (χ1n) is 2.18. The summed E-state index contributed by atoms with van der Waals surface area (Å²) in [5.74, 6) is -1.65. The molecule has 9 heavy (non-hydrogen) atoms. The summed E-state index contributed by atoms with van der Waals surface area (Å²) in [6.07, 6.45) is 1.23. The lowest BCUT2D eigenvalue weighted by Gasteiger charge is -2.03. The molecule has 0 fully saturated rings. The van der Waals surface area contributed by atoms with Gasteiger partial charge >= 0.3 is 0 Å². The highest BCUT2D eigenvalue weighted by molar-refractivity contribution is 9.10. The molecule has 48 valence electrons. The highest BCUT2D eigenvalue weighted by atomic mass is 79.9. The maximum absolute atomic E-state index is 12.1. The van der Waals surface area contributed by atoms with Crippen molar-refractivity contribution in [3.63, 3.8) is 0 Å². The third-order valence-corrected chi connectivity index (χ3v) is 1.21. The number of rotatable bonds is 0. The van der Waals surface area contributed by atoms with Crippen LogP contribution in [0.5, 0.6) is 5.75 Å². The van der Waals surface area contributed by atoms with Crippen LogP contribution in [0.25, 0.3) is 0 Å². The summed E-state index contributed by atoms with van der Waals surface area (Å²) in [5.41, 5.74) is 0. The summed E-state index contributed by atoms with van der Waals surface area (Å²) in [4.78, 5) is 3.15. The predicted octanol–water partition coefficient (Wildman–Crippen LogP) is 1.06. The number of halogens is 2. The van der Waals surface area contributed by atoms with Crippen molar-refractivity contribution in [1.29, 1.82) is 0 Å². The minimum absolute atomic E-state index is 0.494. The van der Waals surface area contributed by atoms with Gasteiger partial charge < -0.3 is 5.11 Å². The van der Waals surface area contributed by atoms with Crippen molar-refractivity contribution in [2.24, 2.45) is 0 Å². The van der Waals surface area contributed by atoms with E-state index < -0.39 is 11.7 Å². The zero-order chi connectivity index (χ0) is 6.85. The van der Waals surface area contributed by atoms with Crippen molar-refractivity contribution in [2.75, 3.05) is 0 Å². The van der Waals surface area contributed by atoms with Gasteiger partial charge in [0.2, 0.25) is 5.95 Å². The summed E-state index contributed by atoms with van der Waals surface area (Å²) < 4.78 is 12.5. The Labute approximate surface area is 59.5 Å². The van der Waals surface area contributed by atoms with Gasteiger partial charge in [0.15, 0.2) is 0 Å². The number of pyridine rings is 1. The fourth-order valence-corrected chi connectivity index (χ4v) is 0.714. The van der Waals surface area contributed by atoms with E-state index in [4.69, 9.17) is 0 Å². The fourth-order valence-electron chi connectivity index (χ4n) is 0.404. The van der Waals surface area contributed by atoms with Gasteiger partial charge in [-0.1, -0.05) is 5.75 Å². The molecule has 0 bridgehead atoms. The lowest BCUT2D eigenvalue weighted by Crippen LogP contribution is -1.95. The van der Waals surface area contributed by atoms with Gasteiger partial charge in [0.25, 0.3) is 0 Å². The van der Waals surface area contributed by atoms with E-state index in [-0.39, 0.29) is 0 Å². The second-order valence-electron chi connectivity index (χ2n) is 1.44. The molecule has 0 aliphatic carbocycles. The smallest absolute Gasteiger partial charge is 0.204 e. The quantitative estimate of drug-likeness (QED) is 0.574. The van der Waals surface area contributed by atoms with Crippen LogP contribution >= 0.6 is 15.9 Å². The Hall–Kier alpha value is -0.640. The van der Waals surface area contributed by atoms with Crippen LogP contribution in [0.4, 0.5) is 4.39 Å². The second kappa shape index (κ2) is 2.31. The SMILES string of the molecule is [O-]c1cc(Br)cnc1F. The van der Waals surface area contributed by atoms with Gasteiger partial charge in [-0.05, 0) is 22.0 Å². The molecule has 1 aromatic heterocycles. The van der Waals surface area contributed by atoms with E-state index >= 15 is 0 Å². The summed E-state index contributed by atoms with van der Waals surface area (Å²) in [7, 11) is 0. The third-order valence-electron chi connectivity index (χ3n) is 0.774. The maximum Gasteiger partial charge on any atom is 0.204 e. The summed E-state index contributed by atoms with van der Waals surface area (Å²) in [6.45, 7) is 0. The molecule has 0 N–H and O–H groups in total. The van der Waals surface area contributed by atoms with Crippen LogP contribution in [0, 0.1) is 5.95 Å². The van der Waals surface area contributed by atoms with E-state index in [1.807, 2.05) is 0 Å². The first-order chi connectivity index (χ1) is 4.20. The first kappa shape index (κ1) is 6.48. The fraction of sp³-hybridized carbons (Fsp3) is 0. The van der Waals surface area contributed by atoms with Crippen LogP contribution in [0.3, 0.4) is 0 Å². The summed E-state index contributed by atoms with van der Waals surface area (Å²) >= 11 is 2.97. The van der Waals surface area contributed by atoms with Crippen LogP contribution in [0.2, 0.25) is 0 Å².